The van der Waals surface area contributed by atoms with E-state index < -0.39 is 0 Å². The number of hydrogen-bond acceptors (Lipinski definition) is 5. The highest BCUT2D eigenvalue weighted by Gasteiger charge is 2.19. The first-order valence-electron chi connectivity index (χ1n) is 15.3. The van der Waals surface area contributed by atoms with Crippen LogP contribution in [0.15, 0.2) is 170 Å². The van der Waals surface area contributed by atoms with Crippen molar-refractivity contribution in [2.24, 2.45) is 0 Å². The molecule has 0 amide bonds. The van der Waals surface area contributed by atoms with E-state index in [2.05, 4.69) is 53.8 Å². The van der Waals surface area contributed by atoms with E-state index in [1.807, 2.05) is 146 Å². The van der Waals surface area contributed by atoms with Gasteiger partial charge in [0.1, 0.15) is 11.5 Å². The van der Waals surface area contributed by atoms with Gasteiger partial charge in [0.05, 0.1) is 0 Å². The molecular weight excluding hydrogens is 580 g/mol. The minimum Gasteiger partial charge on any atom is -0.457 e. The molecule has 0 unspecified atom stereocenters. The molecule has 0 saturated heterocycles. The molecule has 0 saturated carbocycles. The molecule has 2 aromatic heterocycles. The molecule has 7 heteroatoms. The lowest BCUT2D eigenvalue weighted by molar-refractivity contribution is 0.483. The van der Waals surface area contributed by atoms with Crippen LogP contribution in [-0.2, 0) is 0 Å². The maximum Gasteiger partial charge on any atom is 0.168 e. The second kappa shape index (κ2) is 12.4. The first-order chi connectivity index (χ1) is 23.3. The summed E-state index contributed by atoms with van der Waals surface area (Å²) in [6, 6.07) is 56.4. The van der Waals surface area contributed by atoms with Crippen molar-refractivity contribution in [1.29, 1.82) is 0 Å². The smallest absolute Gasteiger partial charge is 0.168 e. The Labute approximate surface area is 272 Å². The molecule has 0 aliphatic carbocycles. The fourth-order valence-corrected chi connectivity index (χ4v) is 5.61. The third-order valence-electron chi connectivity index (χ3n) is 7.88. The van der Waals surface area contributed by atoms with E-state index in [4.69, 9.17) is 4.74 Å². The number of benzene rings is 6. The topological polar surface area (TPSA) is 70.7 Å². The number of nitrogens with zero attached hydrogens (tertiary/aromatic N) is 6. The highest BCUT2D eigenvalue weighted by molar-refractivity contribution is 5.68. The summed E-state index contributed by atoms with van der Waals surface area (Å²) in [4.78, 5) is 0. The van der Waals surface area contributed by atoms with Gasteiger partial charge < -0.3 is 4.74 Å². The molecular formula is C40H28N6O. The van der Waals surface area contributed by atoms with Crippen LogP contribution in [0.2, 0.25) is 0 Å². The van der Waals surface area contributed by atoms with Crippen molar-refractivity contribution >= 4 is 0 Å². The van der Waals surface area contributed by atoms with Crippen LogP contribution in [0, 0.1) is 0 Å². The largest absolute Gasteiger partial charge is 0.457 e. The summed E-state index contributed by atoms with van der Waals surface area (Å²) in [6.45, 7) is 0. The van der Waals surface area contributed by atoms with Crippen LogP contribution in [0.4, 0.5) is 0 Å². The van der Waals surface area contributed by atoms with Crippen molar-refractivity contribution < 1.29 is 4.74 Å². The molecule has 0 aliphatic rings. The molecule has 0 aliphatic heterocycles. The predicted octanol–water partition coefficient (Wildman–Crippen LogP) is 9.31. The summed E-state index contributed by atoms with van der Waals surface area (Å²) in [5, 5.41) is 18.4. The Hall–Kier alpha value is -6.60. The van der Waals surface area contributed by atoms with Crippen LogP contribution in [0.25, 0.3) is 56.9 Å². The van der Waals surface area contributed by atoms with Gasteiger partial charge in [-0.1, -0.05) is 97.1 Å². The lowest BCUT2D eigenvalue weighted by atomic mass is 10.1. The van der Waals surface area contributed by atoms with Gasteiger partial charge in [-0.2, -0.15) is 0 Å². The lowest BCUT2D eigenvalue weighted by Crippen LogP contribution is -2.00. The number of para-hydroxylation sites is 2. The zero-order chi connectivity index (χ0) is 31.4. The molecule has 0 N–H and O–H groups in total. The van der Waals surface area contributed by atoms with Gasteiger partial charge in [0.2, 0.25) is 0 Å². The van der Waals surface area contributed by atoms with Crippen molar-refractivity contribution in [2.75, 3.05) is 0 Å². The monoisotopic (exact) mass is 608 g/mol. The number of aromatic nitrogens is 6. The predicted molar refractivity (Wildman–Crippen MR) is 185 cm³/mol. The van der Waals surface area contributed by atoms with Gasteiger partial charge >= 0.3 is 0 Å². The van der Waals surface area contributed by atoms with E-state index in [0.29, 0.717) is 0 Å². The Morgan fingerprint density at radius 3 is 0.894 bits per heavy atom. The second-order valence-corrected chi connectivity index (χ2v) is 10.9. The molecule has 8 aromatic rings. The molecule has 0 radical (unpaired) electrons. The molecule has 6 aromatic carbocycles. The number of rotatable bonds is 8. The normalized spacial score (nSPS) is 11.0. The minimum atomic E-state index is 0.717. The average Bonchev–Trinajstić information content (AvgIpc) is 3.80. The van der Waals surface area contributed by atoms with Crippen molar-refractivity contribution in [3.63, 3.8) is 0 Å². The van der Waals surface area contributed by atoms with Gasteiger partial charge in [-0.05, 0) is 72.8 Å². The molecule has 0 bridgehead atoms. The first-order valence-corrected chi connectivity index (χ1v) is 15.3. The van der Waals surface area contributed by atoms with Gasteiger partial charge in [-0.25, -0.2) is 0 Å². The third-order valence-corrected chi connectivity index (χ3v) is 7.88. The Balaban J connectivity index is 1.07. The van der Waals surface area contributed by atoms with E-state index in [1.165, 1.54) is 0 Å². The maximum absolute atomic E-state index is 6.25. The zero-order valence-electron chi connectivity index (χ0n) is 25.3. The van der Waals surface area contributed by atoms with Gasteiger partial charge in [0.25, 0.3) is 0 Å². The zero-order valence-corrected chi connectivity index (χ0v) is 25.3. The molecule has 0 fully saturated rings. The summed E-state index contributed by atoms with van der Waals surface area (Å²) in [5.74, 6) is 4.51. The molecule has 8 rings (SSSR count). The number of hydrogen-bond donors (Lipinski definition) is 0. The molecule has 2 heterocycles. The summed E-state index contributed by atoms with van der Waals surface area (Å²) in [5.41, 5.74) is 5.84. The fourth-order valence-electron chi connectivity index (χ4n) is 5.61. The standard InChI is InChI=1S/C40H28N6O/c1-5-13-29(14-6-1)37-41-43-39(45(37)33-17-9-3-10-18-33)31-21-25-35(26-22-31)47-36-27-23-32(24-28-36)40-44-42-38(30-15-7-2-8-16-30)46(40)34-19-11-4-12-20-34/h1-28H. The fraction of sp³-hybridized carbons (Fsp3) is 0. The maximum atomic E-state index is 6.25. The van der Waals surface area contributed by atoms with Gasteiger partial charge in [-0.3, -0.25) is 9.13 Å². The van der Waals surface area contributed by atoms with Crippen molar-refractivity contribution in [3.05, 3.63) is 170 Å². The summed E-state index contributed by atoms with van der Waals surface area (Å²) < 4.78 is 10.4. The molecule has 47 heavy (non-hydrogen) atoms. The Kier molecular flexibility index (Phi) is 7.38. The van der Waals surface area contributed by atoms with Crippen LogP contribution in [-0.4, -0.2) is 29.5 Å². The highest BCUT2D eigenvalue weighted by atomic mass is 16.5. The van der Waals surface area contributed by atoms with Crippen molar-refractivity contribution in [1.82, 2.24) is 29.5 Å². The van der Waals surface area contributed by atoms with Gasteiger partial charge in [0, 0.05) is 33.6 Å². The van der Waals surface area contributed by atoms with E-state index >= 15 is 0 Å². The van der Waals surface area contributed by atoms with Crippen LogP contribution in [0.5, 0.6) is 11.5 Å². The average molecular weight is 609 g/mol. The van der Waals surface area contributed by atoms with E-state index in [0.717, 1.165) is 68.4 Å². The van der Waals surface area contributed by atoms with E-state index in [-0.39, 0.29) is 0 Å². The Morgan fingerprint density at radius 2 is 0.574 bits per heavy atom. The third kappa shape index (κ3) is 5.58. The van der Waals surface area contributed by atoms with Gasteiger partial charge in [0.15, 0.2) is 23.3 Å². The van der Waals surface area contributed by atoms with Crippen LogP contribution in [0.1, 0.15) is 0 Å². The van der Waals surface area contributed by atoms with E-state index in [1.54, 1.807) is 0 Å². The van der Waals surface area contributed by atoms with E-state index in [9.17, 15) is 0 Å². The second-order valence-electron chi connectivity index (χ2n) is 10.9. The Bertz CT molecular complexity index is 2070. The van der Waals surface area contributed by atoms with Crippen molar-refractivity contribution in [2.45, 2.75) is 0 Å². The lowest BCUT2D eigenvalue weighted by Gasteiger charge is -2.12. The van der Waals surface area contributed by atoms with Crippen LogP contribution < -0.4 is 4.74 Å². The quantitative estimate of drug-likeness (QED) is 0.172. The van der Waals surface area contributed by atoms with Gasteiger partial charge in [-0.15, -0.1) is 20.4 Å². The number of ether oxygens (including phenoxy) is 1. The first kappa shape index (κ1) is 27.9. The SMILES string of the molecule is c1ccc(-c2nnc(-c3ccc(Oc4ccc(-c5nnc(-c6ccccc6)n5-c5ccccc5)cc4)cc3)n2-c2ccccc2)cc1. The minimum absolute atomic E-state index is 0.717. The van der Waals surface area contributed by atoms with Crippen molar-refractivity contribution in [3.8, 4) is 68.4 Å². The molecule has 224 valence electrons. The highest BCUT2D eigenvalue weighted by Crippen LogP contribution is 2.32. The summed E-state index contributed by atoms with van der Waals surface area (Å²) in [7, 11) is 0. The summed E-state index contributed by atoms with van der Waals surface area (Å²) >= 11 is 0. The molecule has 7 nitrogen and oxygen atoms in total. The van der Waals surface area contributed by atoms with Crippen LogP contribution in [0.3, 0.4) is 0 Å². The molecule has 0 spiro atoms. The molecule has 0 atom stereocenters. The van der Waals surface area contributed by atoms with Crippen LogP contribution >= 0.6 is 0 Å². The Morgan fingerprint density at radius 1 is 0.298 bits per heavy atom. The summed E-state index contributed by atoms with van der Waals surface area (Å²) in [6.07, 6.45) is 0.